The van der Waals surface area contributed by atoms with E-state index in [4.69, 9.17) is 9.84 Å². The summed E-state index contributed by atoms with van der Waals surface area (Å²) in [6, 6.07) is 7.42. The molecule has 3 atom stereocenters. The van der Waals surface area contributed by atoms with Gasteiger partial charge in [-0.25, -0.2) is 18.3 Å². The van der Waals surface area contributed by atoms with Gasteiger partial charge in [-0.05, 0) is 74.2 Å². The molecule has 4 aliphatic heterocycles. The maximum absolute atomic E-state index is 15.6. The molecule has 3 aromatic rings. The second-order valence-corrected chi connectivity index (χ2v) is 14.2. The Morgan fingerprint density at radius 1 is 1.13 bits per heavy atom. The summed E-state index contributed by atoms with van der Waals surface area (Å²) in [6.45, 7) is 5.28. The van der Waals surface area contributed by atoms with Crippen molar-refractivity contribution < 1.29 is 18.3 Å². The Morgan fingerprint density at radius 2 is 1.96 bits per heavy atom. The minimum atomic E-state index is -2.74. The molecule has 6 heterocycles. The number of halogens is 2. The first-order valence-electron chi connectivity index (χ1n) is 17.1. The van der Waals surface area contributed by atoms with Crippen LogP contribution in [0.4, 0.5) is 26.0 Å². The number of benzene rings is 1. The number of amides is 1. The lowest BCUT2D eigenvalue weighted by Crippen LogP contribution is -2.68. The van der Waals surface area contributed by atoms with Gasteiger partial charge in [-0.3, -0.25) is 14.6 Å². The van der Waals surface area contributed by atoms with Crippen LogP contribution in [-0.4, -0.2) is 114 Å². The van der Waals surface area contributed by atoms with Crippen LogP contribution in [0.2, 0.25) is 0 Å². The highest BCUT2D eigenvalue weighted by atomic mass is 19.3. The Morgan fingerprint density at radius 3 is 2.68 bits per heavy atom. The lowest BCUT2D eigenvalue weighted by atomic mass is 9.71. The molecule has 8 rings (SSSR count). The first-order chi connectivity index (χ1) is 22.8. The smallest absolute Gasteiger partial charge is 0.275 e. The molecule has 47 heavy (non-hydrogen) atoms. The van der Waals surface area contributed by atoms with Crippen molar-refractivity contribution in [2.75, 3.05) is 70.2 Å². The molecule has 1 saturated carbocycles. The molecule has 1 aromatic carbocycles. The number of nitrogens with zero attached hydrogens (tertiary/aromatic N) is 6. The Balaban J connectivity index is 0.985. The molecule has 3 saturated heterocycles. The maximum Gasteiger partial charge on any atom is 0.275 e. The fourth-order valence-corrected chi connectivity index (χ4v) is 8.61. The summed E-state index contributed by atoms with van der Waals surface area (Å²) in [4.78, 5) is 23.9. The van der Waals surface area contributed by atoms with Crippen molar-refractivity contribution in [3.63, 3.8) is 0 Å². The van der Waals surface area contributed by atoms with E-state index in [0.29, 0.717) is 43.2 Å². The van der Waals surface area contributed by atoms with Crippen LogP contribution in [0.3, 0.4) is 0 Å². The second kappa shape index (κ2) is 11.9. The van der Waals surface area contributed by atoms with E-state index >= 15 is 8.78 Å². The van der Waals surface area contributed by atoms with Crippen LogP contribution < -0.4 is 20.9 Å². The Labute approximate surface area is 274 Å². The Hall–Kier alpha value is -3.39. The molecule has 13 heteroatoms. The minimum absolute atomic E-state index is 0.0228. The summed E-state index contributed by atoms with van der Waals surface area (Å²) in [5.41, 5.74) is 5.22. The normalized spacial score (nSPS) is 27.0. The van der Waals surface area contributed by atoms with E-state index in [1.165, 1.54) is 5.56 Å². The molecule has 1 unspecified atom stereocenters. The van der Waals surface area contributed by atoms with E-state index in [2.05, 4.69) is 42.9 Å². The monoisotopic (exact) mass is 649 g/mol. The first-order valence-corrected chi connectivity index (χ1v) is 17.1. The molecule has 3 N–H and O–H groups in total. The zero-order chi connectivity index (χ0) is 32.3. The van der Waals surface area contributed by atoms with Gasteiger partial charge < -0.3 is 25.6 Å². The lowest BCUT2D eigenvalue weighted by Gasteiger charge is -2.57. The van der Waals surface area contributed by atoms with Crippen LogP contribution in [0.5, 0.6) is 0 Å². The highest BCUT2D eigenvalue weighted by Crippen LogP contribution is 2.45. The van der Waals surface area contributed by atoms with Crippen LogP contribution in [0.15, 0.2) is 30.5 Å². The zero-order valence-corrected chi connectivity index (χ0v) is 27.3. The number of hydrogen-bond donors (Lipinski definition) is 3. The molecule has 5 aliphatic rings. The number of carbonyl (C=O) groups is 1. The van der Waals surface area contributed by atoms with Crippen molar-refractivity contribution in [1.29, 1.82) is 0 Å². The standard InChI is InChI=1S/C34H45F2N9O2/c1-37-25-16-30(41-45-27(17-39-31(25)45)32(46)40-24-6-7-28(24)47-2)44-15-8-23-22(4-3-5-26(23)44)18-42-14-9-29(34(35,36)21-42)43-19-33(20-43)10-12-38-13-11-33/h3-5,16-17,24,28-29,37-38H,6-15,18-21H2,1-2H3,(H,40,46)/t24-,28-,29?/m1/s1. The first kappa shape index (κ1) is 30.9. The van der Waals surface area contributed by atoms with Gasteiger partial charge in [0, 0.05) is 58.6 Å². The molecular weight excluding hydrogens is 604 g/mol. The molecule has 11 nitrogen and oxygen atoms in total. The molecule has 252 valence electrons. The molecule has 2 aromatic heterocycles. The number of methoxy groups -OCH3 is 1. The van der Waals surface area contributed by atoms with Gasteiger partial charge in [-0.15, -0.1) is 5.10 Å². The largest absolute Gasteiger partial charge is 0.385 e. The fourth-order valence-electron chi connectivity index (χ4n) is 8.61. The van der Waals surface area contributed by atoms with Gasteiger partial charge in [0.05, 0.1) is 36.6 Å². The topological polar surface area (TPSA) is 102 Å². The quantitative estimate of drug-likeness (QED) is 0.340. The summed E-state index contributed by atoms with van der Waals surface area (Å²) in [5.74, 6) is -2.28. The molecular formula is C34H45F2N9O2. The van der Waals surface area contributed by atoms with Gasteiger partial charge in [0.2, 0.25) is 0 Å². The van der Waals surface area contributed by atoms with E-state index in [0.717, 1.165) is 75.2 Å². The summed E-state index contributed by atoms with van der Waals surface area (Å²) in [7, 11) is 3.49. The number of aromatic nitrogens is 3. The van der Waals surface area contributed by atoms with Crippen LogP contribution in [0, 0.1) is 5.41 Å². The number of rotatable bonds is 8. The van der Waals surface area contributed by atoms with Gasteiger partial charge in [-0.2, -0.15) is 0 Å². The number of likely N-dealkylation sites (tertiary alicyclic amines) is 2. The average Bonchev–Trinajstić information content (AvgIpc) is 3.67. The third kappa shape index (κ3) is 5.44. The minimum Gasteiger partial charge on any atom is -0.385 e. The predicted octanol–water partition coefficient (Wildman–Crippen LogP) is 3.27. The summed E-state index contributed by atoms with van der Waals surface area (Å²) in [6.07, 6.45) is 6.86. The molecule has 1 amide bonds. The van der Waals surface area contributed by atoms with E-state index in [1.807, 2.05) is 24.1 Å². The number of ether oxygens (including phenoxy) is 1. The molecule has 1 spiro atoms. The maximum atomic E-state index is 15.6. The van der Waals surface area contributed by atoms with Gasteiger partial charge in [0.1, 0.15) is 0 Å². The SMILES string of the molecule is CNc1cc(N2CCc3c(CN4CCC(N5CC6(CCNCC6)C5)C(F)(F)C4)cccc32)nn2c(C(=O)N[C@@H]3CC[C@H]3OC)cnc12. The number of hydrogen-bond acceptors (Lipinski definition) is 9. The van der Waals surface area contributed by atoms with Crippen molar-refractivity contribution in [3.05, 3.63) is 47.3 Å². The van der Waals surface area contributed by atoms with Crippen molar-refractivity contribution >= 4 is 28.7 Å². The van der Waals surface area contributed by atoms with Crippen molar-refractivity contribution in [2.24, 2.45) is 5.41 Å². The van der Waals surface area contributed by atoms with Crippen LogP contribution in [0.25, 0.3) is 5.65 Å². The highest BCUT2D eigenvalue weighted by Gasteiger charge is 2.54. The third-order valence-corrected chi connectivity index (χ3v) is 11.4. The molecule has 1 aliphatic carbocycles. The van der Waals surface area contributed by atoms with Crippen LogP contribution in [-0.2, 0) is 17.7 Å². The van der Waals surface area contributed by atoms with Gasteiger partial charge >= 0.3 is 0 Å². The highest BCUT2D eigenvalue weighted by molar-refractivity contribution is 5.94. The van der Waals surface area contributed by atoms with Crippen LogP contribution >= 0.6 is 0 Å². The number of piperidine rings is 2. The Bertz CT molecular complexity index is 1650. The van der Waals surface area contributed by atoms with Gasteiger partial charge in [0.25, 0.3) is 11.8 Å². The number of carbonyl (C=O) groups excluding carboxylic acids is 1. The van der Waals surface area contributed by atoms with E-state index in [9.17, 15) is 4.79 Å². The lowest BCUT2D eigenvalue weighted by molar-refractivity contribution is -0.171. The van der Waals surface area contributed by atoms with Crippen molar-refractivity contribution in [3.8, 4) is 0 Å². The summed E-state index contributed by atoms with van der Waals surface area (Å²) >= 11 is 0. The summed E-state index contributed by atoms with van der Waals surface area (Å²) < 4.78 is 38.3. The van der Waals surface area contributed by atoms with Gasteiger partial charge in [-0.1, -0.05) is 12.1 Å². The molecule has 4 fully saturated rings. The van der Waals surface area contributed by atoms with E-state index in [-0.39, 0.29) is 30.0 Å². The molecule has 0 radical (unpaired) electrons. The summed E-state index contributed by atoms with van der Waals surface area (Å²) in [5, 5.41) is 14.6. The van der Waals surface area contributed by atoms with Crippen molar-refractivity contribution in [1.82, 2.24) is 35.0 Å². The number of nitrogens with one attached hydrogen (secondary N) is 3. The van der Waals surface area contributed by atoms with E-state index in [1.54, 1.807) is 17.8 Å². The second-order valence-electron chi connectivity index (χ2n) is 14.2. The van der Waals surface area contributed by atoms with Crippen molar-refractivity contribution in [2.45, 2.75) is 69.2 Å². The molecule has 0 bridgehead atoms. The number of fused-ring (bicyclic) bond motifs is 2. The number of alkyl halides is 2. The third-order valence-electron chi connectivity index (χ3n) is 11.4. The zero-order valence-electron chi connectivity index (χ0n) is 27.3. The van der Waals surface area contributed by atoms with Gasteiger partial charge in [0.15, 0.2) is 17.2 Å². The number of anilines is 3. The van der Waals surface area contributed by atoms with E-state index < -0.39 is 12.0 Å². The Kier molecular flexibility index (Phi) is 7.85. The number of imidazole rings is 1. The predicted molar refractivity (Wildman–Crippen MR) is 176 cm³/mol. The average molecular weight is 650 g/mol. The van der Waals surface area contributed by atoms with Crippen LogP contribution in [0.1, 0.15) is 53.7 Å². The fraction of sp³-hybridized carbons (Fsp3) is 0.618.